The molecule has 0 aliphatic heterocycles. The van der Waals surface area contributed by atoms with Gasteiger partial charge in [-0.1, -0.05) is 0 Å². The predicted molar refractivity (Wildman–Crippen MR) is 54.6 cm³/mol. The molecule has 0 saturated heterocycles. The third-order valence-corrected chi connectivity index (χ3v) is 3.00. The number of aromatic nitrogens is 5. The molecular weight excluding hydrogens is 232 g/mol. The highest BCUT2D eigenvalue weighted by atomic mass is 32.2. The van der Waals surface area contributed by atoms with Gasteiger partial charge in [-0.05, 0) is 0 Å². The van der Waals surface area contributed by atoms with Crippen LogP contribution in [0.2, 0.25) is 0 Å². The Balaban J connectivity index is 2.63. The fourth-order valence-electron chi connectivity index (χ4n) is 1.36. The molecule has 16 heavy (non-hydrogen) atoms. The number of sulfonamides is 1. The van der Waals surface area contributed by atoms with Crippen molar-refractivity contribution in [2.45, 2.75) is 5.16 Å². The number of rotatable bonds is 2. The van der Waals surface area contributed by atoms with E-state index < -0.39 is 10.0 Å². The van der Waals surface area contributed by atoms with E-state index in [9.17, 15) is 8.42 Å². The molecule has 0 fully saturated rings. The molecule has 0 bridgehead atoms. The standard InChI is InChI=1S/C7H10N6O2S/c1-12-4-9-3-5(12)6-10-11-7(13(6)2)16(8,14)15/h3-4H,1-2H3,(H2,8,14,15). The number of hydrogen-bond acceptors (Lipinski definition) is 5. The normalized spacial score (nSPS) is 11.9. The Morgan fingerprint density at radius 1 is 1.31 bits per heavy atom. The average molecular weight is 242 g/mol. The molecule has 2 rings (SSSR count). The summed E-state index contributed by atoms with van der Waals surface area (Å²) in [5, 5.41) is 12.0. The molecule has 0 saturated carbocycles. The fraction of sp³-hybridized carbons (Fsp3) is 0.286. The fourth-order valence-corrected chi connectivity index (χ4v) is 1.98. The molecule has 0 aliphatic carbocycles. The van der Waals surface area contributed by atoms with E-state index in [1.165, 1.54) is 11.6 Å². The predicted octanol–water partition coefficient (Wildman–Crippen LogP) is -1.14. The molecule has 2 aromatic heterocycles. The monoisotopic (exact) mass is 242 g/mol. The molecule has 0 aromatic carbocycles. The zero-order chi connectivity index (χ0) is 11.9. The molecule has 0 spiro atoms. The largest absolute Gasteiger partial charge is 0.331 e. The van der Waals surface area contributed by atoms with Gasteiger partial charge in [0.15, 0.2) is 5.82 Å². The lowest BCUT2D eigenvalue weighted by Crippen LogP contribution is -2.17. The molecular formula is C7H10N6O2S. The molecule has 2 N–H and O–H groups in total. The highest BCUT2D eigenvalue weighted by Gasteiger charge is 2.20. The lowest BCUT2D eigenvalue weighted by molar-refractivity contribution is 0.580. The van der Waals surface area contributed by atoms with Crippen molar-refractivity contribution in [2.75, 3.05) is 0 Å². The number of aryl methyl sites for hydroxylation is 1. The lowest BCUT2D eigenvalue weighted by Gasteiger charge is -2.02. The van der Waals surface area contributed by atoms with E-state index in [4.69, 9.17) is 5.14 Å². The molecule has 0 unspecified atom stereocenters. The first-order chi connectivity index (χ1) is 7.41. The van der Waals surface area contributed by atoms with Gasteiger partial charge in [0.05, 0.1) is 12.5 Å². The maximum atomic E-state index is 11.2. The first-order valence-corrected chi connectivity index (χ1v) is 5.85. The minimum atomic E-state index is -3.86. The van der Waals surface area contributed by atoms with Gasteiger partial charge >= 0.3 is 0 Å². The summed E-state index contributed by atoms with van der Waals surface area (Å²) in [4.78, 5) is 3.91. The van der Waals surface area contributed by atoms with Crippen molar-refractivity contribution < 1.29 is 8.42 Å². The minimum Gasteiger partial charge on any atom is -0.331 e. The van der Waals surface area contributed by atoms with E-state index in [-0.39, 0.29) is 5.16 Å². The van der Waals surface area contributed by atoms with Crippen molar-refractivity contribution in [3.8, 4) is 11.5 Å². The van der Waals surface area contributed by atoms with Gasteiger partial charge in [0, 0.05) is 14.1 Å². The van der Waals surface area contributed by atoms with Crippen molar-refractivity contribution in [1.29, 1.82) is 0 Å². The summed E-state index contributed by atoms with van der Waals surface area (Å²) in [5.41, 5.74) is 0.657. The summed E-state index contributed by atoms with van der Waals surface area (Å²) >= 11 is 0. The smallest absolute Gasteiger partial charge is 0.273 e. The van der Waals surface area contributed by atoms with Crippen LogP contribution in [0.5, 0.6) is 0 Å². The second-order valence-electron chi connectivity index (χ2n) is 3.30. The zero-order valence-corrected chi connectivity index (χ0v) is 9.51. The van der Waals surface area contributed by atoms with E-state index in [0.29, 0.717) is 11.5 Å². The molecule has 0 atom stereocenters. The van der Waals surface area contributed by atoms with Crippen LogP contribution in [0.15, 0.2) is 17.7 Å². The van der Waals surface area contributed by atoms with E-state index in [1.54, 1.807) is 24.1 Å². The summed E-state index contributed by atoms with van der Waals surface area (Å²) in [5.74, 6) is 0.393. The van der Waals surface area contributed by atoms with E-state index in [0.717, 1.165) is 0 Å². The van der Waals surface area contributed by atoms with Crippen LogP contribution in [0.3, 0.4) is 0 Å². The van der Waals surface area contributed by atoms with Gasteiger partial charge in [-0.3, -0.25) is 4.57 Å². The van der Waals surface area contributed by atoms with Crippen molar-refractivity contribution in [3.05, 3.63) is 12.5 Å². The number of imidazole rings is 1. The van der Waals surface area contributed by atoms with Gasteiger partial charge < -0.3 is 4.57 Å². The molecule has 8 nitrogen and oxygen atoms in total. The molecule has 2 aromatic rings. The van der Waals surface area contributed by atoms with Crippen LogP contribution in [0.25, 0.3) is 11.5 Å². The third kappa shape index (κ3) is 1.59. The number of nitrogens with zero attached hydrogens (tertiary/aromatic N) is 5. The van der Waals surface area contributed by atoms with Crippen LogP contribution in [0, 0.1) is 0 Å². The maximum Gasteiger partial charge on any atom is 0.273 e. The quantitative estimate of drug-likeness (QED) is 0.716. The molecule has 2 heterocycles. The van der Waals surface area contributed by atoms with Crippen molar-refractivity contribution >= 4 is 10.0 Å². The summed E-state index contributed by atoms with van der Waals surface area (Å²) < 4.78 is 25.3. The molecule has 0 amide bonds. The molecule has 0 aliphatic rings. The second-order valence-corrected chi connectivity index (χ2v) is 4.76. The average Bonchev–Trinajstić information content (AvgIpc) is 2.70. The topological polar surface area (TPSA) is 109 Å². The van der Waals surface area contributed by atoms with Gasteiger partial charge in [0.25, 0.3) is 15.2 Å². The Morgan fingerprint density at radius 2 is 2.00 bits per heavy atom. The van der Waals surface area contributed by atoms with Crippen LogP contribution in [0.1, 0.15) is 0 Å². The first-order valence-electron chi connectivity index (χ1n) is 4.30. The first kappa shape index (κ1) is 10.8. The minimum absolute atomic E-state index is 0.274. The van der Waals surface area contributed by atoms with Crippen LogP contribution in [-0.4, -0.2) is 32.7 Å². The Kier molecular flexibility index (Phi) is 2.28. The molecule has 86 valence electrons. The van der Waals surface area contributed by atoms with Gasteiger partial charge in [0.2, 0.25) is 0 Å². The van der Waals surface area contributed by atoms with Gasteiger partial charge in [-0.2, -0.15) is 0 Å². The van der Waals surface area contributed by atoms with Crippen molar-refractivity contribution in [3.63, 3.8) is 0 Å². The van der Waals surface area contributed by atoms with Gasteiger partial charge in [-0.15, -0.1) is 10.2 Å². The maximum absolute atomic E-state index is 11.2. The SMILES string of the molecule is Cn1cncc1-c1nnc(S(N)(=O)=O)n1C. The van der Waals surface area contributed by atoms with Crippen LogP contribution in [-0.2, 0) is 24.1 Å². The summed E-state index contributed by atoms with van der Waals surface area (Å²) in [7, 11) is -0.556. The Morgan fingerprint density at radius 3 is 2.44 bits per heavy atom. The van der Waals surface area contributed by atoms with Crippen molar-refractivity contribution in [2.24, 2.45) is 19.2 Å². The Bertz CT molecular complexity index is 625. The third-order valence-electron chi connectivity index (χ3n) is 2.14. The van der Waals surface area contributed by atoms with Crippen LogP contribution >= 0.6 is 0 Å². The summed E-state index contributed by atoms with van der Waals surface area (Å²) in [6.07, 6.45) is 3.15. The zero-order valence-electron chi connectivity index (χ0n) is 8.69. The van der Waals surface area contributed by atoms with Gasteiger partial charge in [0.1, 0.15) is 5.69 Å². The van der Waals surface area contributed by atoms with E-state index in [1.807, 2.05) is 0 Å². The highest BCUT2D eigenvalue weighted by Crippen LogP contribution is 2.16. The number of nitrogens with two attached hydrogens (primary N) is 1. The number of hydrogen-bond donors (Lipinski definition) is 1. The second kappa shape index (κ2) is 3.39. The molecule has 9 heteroatoms. The lowest BCUT2D eigenvalue weighted by atomic mass is 10.4. The van der Waals surface area contributed by atoms with Crippen LogP contribution in [0.4, 0.5) is 0 Å². The molecule has 0 radical (unpaired) electrons. The Hall–Kier alpha value is -1.74. The summed E-state index contributed by atoms with van der Waals surface area (Å²) in [6.45, 7) is 0. The summed E-state index contributed by atoms with van der Waals surface area (Å²) in [6, 6.07) is 0. The van der Waals surface area contributed by atoms with Crippen LogP contribution < -0.4 is 5.14 Å². The highest BCUT2D eigenvalue weighted by molar-refractivity contribution is 7.89. The van der Waals surface area contributed by atoms with Gasteiger partial charge in [-0.25, -0.2) is 18.5 Å². The van der Waals surface area contributed by atoms with E-state index >= 15 is 0 Å². The van der Waals surface area contributed by atoms with E-state index in [2.05, 4.69) is 15.2 Å². The van der Waals surface area contributed by atoms with Crippen molar-refractivity contribution in [1.82, 2.24) is 24.3 Å². The number of primary sulfonamides is 1. The Labute approximate surface area is 91.8 Å².